The molecule has 1 amide bonds. The third kappa shape index (κ3) is 3.18. The zero-order valence-electron chi connectivity index (χ0n) is 12.0. The van der Waals surface area contributed by atoms with Crippen LogP contribution in [0, 0.1) is 11.6 Å². The van der Waals surface area contributed by atoms with Crippen molar-refractivity contribution in [3.05, 3.63) is 57.8 Å². The molecule has 0 radical (unpaired) electrons. The molecule has 1 aromatic carbocycles. The number of hydrogen-bond donors (Lipinski definition) is 0. The standard InChI is InChI=1S/C16H16F2N2OS/c17-13-4-1-3-12(15(13)18)11-19-6-8-20(9-7-19)16(21)14-5-2-10-22-14/h1-5,10H,6-9,11H2. The molecule has 1 saturated heterocycles. The Hall–Kier alpha value is -1.79. The van der Waals surface area contributed by atoms with Gasteiger partial charge < -0.3 is 4.90 Å². The Kier molecular flexibility index (Phi) is 4.49. The van der Waals surface area contributed by atoms with Crippen LogP contribution in [0.25, 0.3) is 0 Å². The number of benzene rings is 1. The van der Waals surface area contributed by atoms with Crippen molar-refractivity contribution >= 4 is 17.2 Å². The molecule has 1 aromatic heterocycles. The number of carbonyl (C=O) groups excluding carboxylic acids is 1. The number of thiophene rings is 1. The molecule has 0 spiro atoms. The van der Waals surface area contributed by atoms with Crippen LogP contribution >= 0.6 is 11.3 Å². The molecule has 0 aliphatic carbocycles. The van der Waals surface area contributed by atoms with Gasteiger partial charge in [-0.2, -0.15) is 0 Å². The van der Waals surface area contributed by atoms with Crippen LogP contribution in [0.5, 0.6) is 0 Å². The number of nitrogens with zero attached hydrogens (tertiary/aromatic N) is 2. The molecule has 3 rings (SSSR count). The molecule has 0 saturated carbocycles. The van der Waals surface area contributed by atoms with Crippen LogP contribution < -0.4 is 0 Å². The van der Waals surface area contributed by atoms with E-state index in [2.05, 4.69) is 0 Å². The van der Waals surface area contributed by atoms with E-state index in [9.17, 15) is 13.6 Å². The van der Waals surface area contributed by atoms with Crippen LogP contribution in [-0.4, -0.2) is 41.9 Å². The fraction of sp³-hybridized carbons (Fsp3) is 0.312. The number of piperazine rings is 1. The first-order valence-corrected chi connectivity index (χ1v) is 8.01. The summed E-state index contributed by atoms with van der Waals surface area (Å²) in [5, 5.41) is 1.89. The van der Waals surface area contributed by atoms with E-state index in [4.69, 9.17) is 0 Å². The molecular weight excluding hydrogens is 306 g/mol. The SMILES string of the molecule is O=C(c1cccs1)N1CCN(Cc2cccc(F)c2F)CC1. The minimum absolute atomic E-state index is 0.0478. The molecule has 2 heterocycles. The summed E-state index contributed by atoms with van der Waals surface area (Å²) in [5.74, 6) is -1.55. The van der Waals surface area contributed by atoms with Gasteiger partial charge in [-0.15, -0.1) is 11.3 Å². The highest BCUT2D eigenvalue weighted by atomic mass is 32.1. The van der Waals surface area contributed by atoms with Crippen molar-refractivity contribution in [1.82, 2.24) is 9.80 Å². The Morgan fingerprint density at radius 2 is 1.86 bits per heavy atom. The van der Waals surface area contributed by atoms with Crippen molar-refractivity contribution in [2.45, 2.75) is 6.54 Å². The van der Waals surface area contributed by atoms with Gasteiger partial charge in [0.2, 0.25) is 0 Å². The zero-order chi connectivity index (χ0) is 15.5. The van der Waals surface area contributed by atoms with E-state index in [1.54, 1.807) is 6.07 Å². The average Bonchev–Trinajstić information content (AvgIpc) is 3.06. The summed E-state index contributed by atoms with van der Waals surface area (Å²) >= 11 is 1.44. The second-order valence-corrected chi connectivity index (χ2v) is 6.21. The van der Waals surface area contributed by atoms with Gasteiger partial charge in [-0.3, -0.25) is 9.69 Å². The molecule has 22 heavy (non-hydrogen) atoms. The van der Waals surface area contributed by atoms with Gasteiger partial charge in [0.15, 0.2) is 11.6 Å². The van der Waals surface area contributed by atoms with Crippen LogP contribution in [0.1, 0.15) is 15.2 Å². The van der Waals surface area contributed by atoms with E-state index >= 15 is 0 Å². The van der Waals surface area contributed by atoms with Gasteiger partial charge in [0.05, 0.1) is 4.88 Å². The number of amides is 1. The first kappa shape index (κ1) is 15.1. The molecule has 1 aliphatic heterocycles. The minimum Gasteiger partial charge on any atom is -0.335 e. The Morgan fingerprint density at radius 3 is 2.55 bits per heavy atom. The quantitative estimate of drug-likeness (QED) is 0.867. The summed E-state index contributed by atoms with van der Waals surface area (Å²) in [4.78, 5) is 16.8. The first-order valence-electron chi connectivity index (χ1n) is 7.13. The maximum Gasteiger partial charge on any atom is 0.264 e. The van der Waals surface area contributed by atoms with Gasteiger partial charge in [-0.05, 0) is 17.5 Å². The minimum atomic E-state index is -0.816. The van der Waals surface area contributed by atoms with Crippen LogP contribution in [0.15, 0.2) is 35.7 Å². The second kappa shape index (κ2) is 6.54. The summed E-state index contributed by atoms with van der Waals surface area (Å²) < 4.78 is 26.9. The first-order chi connectivity index (χ1) is 10.6. The monoisotopic (exact) mass is 322 g/mol. The molecule has 116 valence electrons. The van der Waals surface area contributed by atoms with E-state index in [1.807, 2.05) is 27.3 Å². The van der Waals surface area contributed by atoms with Gasteiger partial charge in [0.25, 0.3) is 5.91 Å². The van der Waals surface area contributed by atoms with Crippen LogP contribution in [0.3, 0.4) is 0 Å². The molecule has 0 atom stereocenters. The zero-order valence-corrected chi connectivity index (χ0v) is 12.8. The van der Waals surface area contributed by atoms with Crippen molar-refractivity contribution in [3.8, 4) is 0 Å². The molecule has 2 aromatic rings. The molecule has 0 bridgehead atoms. The van der Waals surface area contributed by atoms with E-state index in [0.29, 0.717) is 38.3 Å². The normalized spacial score (nSPS) is 16.0. The average molecular weight is 322 g/mol. The molecule has 1 aliphatic rings. The third-order valence-corrected chi connectivity index (χ3v) is 4.67. The van der Waals surface area contributed by atoms with Crippen molar-refractivity contribution in [2.24, 2.45) is 0 Å². The summed E-state index contributed by atoms with van der Waals surface area (Å²) in [7, 11) is 0. The summed E-state index contributed by atoms with van der Waals surface area (Å²) in [5.41, 5.74) is 0.359. The lowest BCUT2D eigenvalue weighted by atomic mass is 10.1. The maximum atomic E-state index is 13.7. The van der Waals surface area contributed by atoms with E-state index in [-0.39, 0.29) is 5.91 Å². The summed E-state index contributed by atoms with van der Waals surface area (Å²) in [6.45, 7) is 2.89. The fourth-order valence-electron chi connectivity index (χ4n) is 2.58. The van der Waals surface area contributed by atoms with Gasteiger partial charge in [-0.25, -0.2) is 8.78 Å². The van der Waals surface area contributed by atoms with Gasteiger partial charge in [0, 0.05) is 38.3 Å². The predicted octanol–water partition coefficient (Wildman–Crippen LogP) is 2.98. The largest absolute Gasteiger partial charge is 0.335 e. The highest BCUT2D eigenvalue weighted by Crippen LogP contribution is 2.17. The number of hydrogen-bond acceptors (Lipinski definition) is 3. The van der Waals surface area contributed by atoms with E-state index in [1.165, 1.54) is 17.4 Å². The van der Waals surface area contributed by atoms with Gasteiger partial charge >= 0.3 is 0 Å². The lowest BCUT2D eigenvalue weighted by molar-refractivity contribution is 0.0631. The van der Waals surface area contributed by atoms with Gasteiger partial charge in [-0.1, -0.05) is 18.2 Å². The molecule has 0 unspecified atom stereocenters. The lowest BCUT2D eigenvalue weighted by Crippen LogP contribution is -2.48. The second-order valence-electron chi connectivity index (χ2n) is 5.26. The molecular formula is C16H16F2N2OS. The lowest BCUT2D eigenvalue weighted by Gasteiger charge is -2.34. The van der Waals surface area contributed by atoms with Crippen molar-refractivity contribution in [3.63, 3.8) is 0 Å². The summed E-state index contributed by atoms with van der Waals surface area (Å²) in [6, 6.07) is 7.92. The Bertz CT molecular complexity index is 652. The highest BCUT2D eigenvalue weighted by Gasteiger charge is 2.23. The number of carbonyl (C=O) groups is 1. The van der Waals surface area contributed by atoms with E-state index in [0.717, 1.165) is 10.9 Å². The summed E-state index contributed by atoms with van der Waals surface area (Å²) in [6.07, 6.45) is 0. The van der Waals surface area contributed by atoms with Crippen molar-refractivity contribution < 1.29 is 13.6 Å². The number of halogens is 2. The van der Waals surface area contributed by atoms with Crippen LogP contribution in [0.4, 0.5) is 8.78 Å². The molecule has 1 fully saturated rings. The Morgan fingerprint density at radius 1 is 1.09 bits per heavy atom. The fourth-order valence-corrected chi connectivity index (χ4v) is 3.27. The smallest absolute Gasteiger partial charge is 0.264 e. The van der Waals surface area contributed by atoms with Crippen molar-refractivity contribution in [2.75, 3.05) is 26.2 Å². The highest BCUT2D eigenvalue weighted by molar-refractivity contribution is 7.12. The maximum absolute atomic E-state index is 13.7. The van der Waals surface area contributed by atoms with Crippen LogP contribution in [0.2, 0.25) is 0 Å². The molecule has 6 heteroatoms. The van der Waals surface area contributed by atoms with E-state index < -0.39 is 11.6 Å². The van der Waals surface area contributed by atoms with Crippen LogP contribution in [-0.2, 0) is 6.54 Å². The third-order valence-electron chi connectivity index (χ3n) is 3.82. The Balaban J connectivity index is 1.58. The van der Waals surface area contributed by atoms with Crippen molar-refractivity contribution in [1.29, 1.82) is 0 Å². The molecule has 3 nitrogen and oxygen atoms in total. The topological polar surface area (TPSA) is 23.6 Å². The van der Waals surface area contributed by atoms with Gasteiger partial charge in [0.1, 0.15) is 0 Å². The predicted molar refractivity (Wildman–Crippen MR) is 81.9 cm³/mol. The number of rotatable bonds is 3. The molecule has 0 N–H and O–H groups in total. The Labute approximate surface area is 131 Å².